The van der Waals surface area contributed by atoms with Crippen LogP contribution in [0.15, 0.2) is 35.4 Å². The molecule has 186 valence electrons. The summed E-state index contributed by atoms with van der Waals surface area (Å²) in [5.74, 6) is 0.878. The molecule has 9 nitrogen and oxygen atoms in total. The first kappa shape index (κ1) is 23.6. The molecule has 35 heavy (non-hydrogen) atoms. The molecular formula is C26H34N6O3. The molecule has 1 aliphatic carbocycles. The number of amides is 1. The fraction of sp³-hybridized carbons (Fsp3) is 0.500. The van der Waals surface area contributed by atoms with Gasteiger partial charge in [0.1, 0.15) is 6.54 Å². The second-order valence-electron chi connectivity index (χ2n) is 9.84. The zero-order chi connectivity index (χ0) is 24.4. The van der Waals surface area contributed by atoms with Gasteiger partial charge in [0.25, 0.3) is 5.56 Å². The number of hydrogen-bond acceptors (Lipinski definition) is 6. The van der Waals surface area contributed by atoms with Crippen molar-refractivity contribution < 1.29 is 9.53 Å². The largest absolute Gasteiger partial charge is 0.374 e. The third kappa shape index (κ3) is 5.74. The van der Waals surface area contributed by atoms with E-state index in [1.54, 1.807) is 13.1 Å². The average molecular weight is 479 g/mol. The van der Waals surface area contributed by atoms with Crippen molar-refractivity contribution in [1.29, 1.82) is 0 Å². The van der Waals surface area contributed by atoms with E-state index >= 15 is 0 Å². The fourth-order valence-corrected chi connectivity index (χ4v) is 4.65. The molecule has 1 atom stereocenters. The van der Waals surface area contributed by atoms with Crippen LogP contribution in [0.1, 0.15) is 29.7 Å². The number of fused-ring (bicyclic) bond motifs is 1. The van der Waals surface area contributed by atoms with Gasteiger partial charge in [0.2, 0.25) is 5.91 Å². The number of H-pyrrole nitrogens is 1. The van der Waals surface area contributed by atoms with E-state index in [9.17, 15) is 9.59 Å². The predicted octanol–water partition coefficient (Wildman–Crippen LogP) is 2.18. The third-order valence-electron chi connectivity index (χ3n) is 6.93. The second kappa shape index (κ2) is 10.2. The maximum Gasteiger partial charge on any atom is 0.293 e. The van der Waals surface area contributed by atoms with E-state index in [2.05, 4.69) is 38.5 Å². The Kier molecular flexibility index (Phi) is 6.88. The van der Waals surface area contributed by atoms with E-state index in [1.165, 1.54) is 23.0 Å². The number of morpholine rings is 1. The molecule has 9 heteroatoms. The predicted molar refractivity (Wildman–Crippen MR) is 136 cm³/mol. The van der Waals surface area contributed by atoms with Gasteiger partial charge in [-0.2, -0.15) is 0 Å². The molecule has 0 radical (unpaired) electrons. The highest BCUT2D eigenvalue weighted by Crippen LogP contribution is 2.30. The minimum atomic E-state index is -0.296. The van der Waals surface area contributed by atoms with E-state index in [4.69, 9.17) is 4.74 Å². The molecule has 1 unspecified atom stereocenters. The van der Waals surface area contributed by atoms with Gasteiger partial charge in [-0.25, -0.2) is 4.98 Å². The van der Waals surface area contributed by atoms with Gasteiger partial charge in [-0.1, -0.05) is 6.07 Å². The summed E-state index contributed by atoms with van der Waals surface area (Å²) in [5.41, 5.74) is 3.60. The Morgan fingerprint density at radius 1 is 1.29 bits per heavy atom. The van der Waals surface area contributed by atoms with Gasteiger partial charge in [0, 0.05) is 61.7 Å². The Hall–Kier alpha value is -3.17. The average Bonchev–Trinajstić information content (AvgIpc) is 3.60. The van der Waals surface area contributed by atoms with Crippen molar-refractivity contribution in [3.05, 3.63) is 57.8 Å². The Morgan fingerprint density at radius 2 is 2.14 bits per heavy atom. The molecule has 5 rings (SSSR count). The zero-order valence-electron chi connectivity index (χ0n) is 20.5. The summed E-state index contributed by atoms with van der Waals surface area (Å²) in [7, 11) is 0. The highest BCUT2D eigenvalue weighted by atomic mass is 16.5. The van der Waals surface area contributed by atoms with Gasteiger partial charge in [-0.05, 0) is 55.9 Å². The summed E-state index contributed by atoms with van der Waals surface area (Å²) in [6.07, 6.45) is 6.29. The van der Waals surface area contributed by atoms with E-state index in [0.717, 1.165) is 42.0 Å². The highest BCUT2D eigenvalue weighted by Gasteiger charge is 2.28. The van der Waals surface area contributed by atoms with Gasteiger partial charge in [0.05, 0.1) is 12.7 Å². The van der Waals surface area contributed by atoms with Crippen LogP contribution >= 0.6 is 0 Å². The number of aromatic nitrogens is 3. The van der Waals surface area contributed by atoms with Gasteiger partial charge >= 0.3 is 0 Å². The minimum absolute atomic E-state index is 0.0164. The molecule has 3 heterocycles. The van der Waals surface area contributed by atoms with Crippen LogP contribution in [-0.2, 0) is 22.6 Å². The van der Waals surface area contributed by atoms with Crippen LogP contribution in [0.5, 0.6) is 0 Å². The summed E-state index contributed by atoms with van der Waals surface area (Å²) in [6.45, 7) is 8.38. The van der Waals surface area contributed by atoms with Crippen LogP contribution in [0.2, 0.25) is 0 Å². The summed E-state index contributed by atoms with van der Waals surface area (Å²) in [6, 6.07) is 6.08. The number of aromatic amines is 1. The molecule has 1 aliphatic heterocycles. The van der Waals surface area contributed by atoms with Crippen LogP contribution in [0.25, 0.3) is 10.9 Å². The van der Waals surface area contributed by atoms with Crippen molar-refractivity contribution in [2.75, 3.05) is 38.1 Å². The number of rotatable bonds is 9. The third-order valence-corrected chi connectivity index (χ3v) is 6.93. The first-order valence-corrected chi connectivity index (χ1v) is 12.4. The number of aryl methyl sites for hydroxylation is 2. The first-order chi connectivity index (χ1) is 17.0. The van der Waals surface area contributed by atoms with Gasteiger partial charge in [-0.3, -0.25) is 19.1 Å². The topological polar surface area (TPSA) is 104 Å². The maximum absolute atomic E-state index is 13.0. The molecule has 2 fully saturated rings. The molecule has 0 bridgehead atoms. The molecule has 1 aromatic carbocycles. The lowest BCUT2D eigenvalue weighted by Gasteiger charge is -2.33. The van der Waals surface area contributed by atoms with Crippen molar-refractivity contribution in [2.45, 2.75) is 45.9 Å². The Labute approximate surface area is 204 Å². The summed E-state index contributed by atoms with van der Waals surface area (Å²) >= 11 is 0. The molecule has 0 spiro atoms. The van der Waals surface area contributed by atoms with E-state index in [-0.39, 0.29) is 29.9 Å². The normalized spacial score (nSPS) is 18.6. The lowest BCUT2D eigenvalue weighted by Crippen LogP contribution is -2.46. The van der Waals surface area contributed by atoms with E-state index < -0.39 is 0 Å². The quantitative estimate of drug-likeness (QED) is 0.436. The van der Waals surface area contributed by atoms with Crippen molar-refractivity contribution in [3.63, 3.8) is 0 Å². The summed E-state index contributed by atoms with van der Waals surface area (Å²) < 4.78 is 7.35. The molecule has 1 saturated heterocycles. The number of hydrogen-bond donors (Lipinski definition) is 3. The number of nitrogens with zero attached hydrogens (tertiary/aromatic N) is 3. The lowest BCUT2D eigenvalue weighted by molar-refractivity contribution is -0.121. The molecular weight excluding hydrogens is 444 g/mol. The number of carbonyl (C=O) groups excluding carboxylic acids is 1. The summed E-state index contributed by atoms with van der Waals surface area (Å²) in [5, 5.41) is 7.24. The monoisotopic (exact) mass is 478 g/mol. The molecule has 2 aliphatic rings. The van der Waals surface area contributed by atoms with Crippen LogP contribution in [-0.4, -0.2) is 64.2 Å². The van der Waals surface area contributed by atoms with Crippen molar-refractivity contribution in [3.8, 4) is 0 Å². The standard InChI is InChI=1S/C26H34N6O3/c1-17-10-27-23-6-5-20(9-22(17)23)12-28-24(33)16-32-18(2)11-29-25(26(32)34)30-13-21-15-31(7-8-35-21)14-19-3-4-19/h5-6,9-11,19,21,27H,3-4,7-8,12-16H2,1-2H3,(H,28,33)(H,29,30). The fourth-order valence-electron chi connectivity index (χ4n) is 4.65. The smallest absolute Gasteiger partial charge is 0.293 e. The van der Waals surface area contributed by atoms with Gasteiger partial charge in [-0.15, -0.1) is 0 Å². The Bertz CT molecular complexity index is 1260. The summed E-state index contributed by atoms with van der Waals surface area (Å²) in [4.78, 5) is 35.7. The molecule has 1 saturated carbocycles. The SMILES string of the molecule is Cc1c[nH]c2ccc(CNC(=O)Cn3c(C)cnc(NCC4CN(CC5CC5)CCO4)c3=O)cc12. The number of anilines is 1. The second-order valence-corrected chi connectivity index (χ2v) is 9.84. The number of carbonyl (C=O) groups is 1. The van der Waals surface area contributed by atoms with Gasteiger partial charge < -0.3 is 20.4 Å². The van der Waals surface area contributed by atoms with Crippen LogP contribution in [0.4, 0.5) is 5.82 Å². The number of ether oxygens (including phenoxy) is 1. The zero-order valence-corrected chi connectivity index (χ0v) is 20.5. The molecule has 3 N–H and O–H groups in total. The van der Waals surface area contributed by atoms with Crippen molar-refractivity contribution in [2.24, 2.45) is 5.92 Å². The van der Waals surface area contributed by atoms with Crippen LogP contribution in [0, 0.1) is 19.8 Å². The first-order valence-electron chi connectivity index (χ1n) is 12.4. The number of nitrogens with one attached hydrogen (secondary N) is 3. The van der Waals surface area contributed by atoms with Gasteiger partial charge in [0.15, 0.2) is 5.82 Å². The number of benzene rings is 1. The van der Waals surface area contributed by atoms with Crippen LogP contribution in [0.3, 0.4) is 0 Å². The highest BCUT2D eigenvalue weighted by molar-refractivity contribution is 5.83. The molecule has 2 aromatic heterocycles. The minimum Gasteiger partial charge on any atom is -0.374 e. The van der Waals surface area contributed by atoms with E-state index in [1.807, 2.05) is 18.3 Å². The van der Waals surface area contributed by atoms with Crippen molar-refractivity contribution in [1.82, 2.24) is 24.8 Å². The molecule has 1 amide bonds. The Morgan fingerprint density at radius 3 is 2.97 bits per heavy atom. The lowest BCUT2D eigenvalue weighted by atomic mass is 10.1. The van der Waals surface area contributed by atoms with Crippen LogP contribution < -0.4 is 16.2 Å². The van der Waals surface area contributed by atoms with Crippen molar-refractivity contribution >= 4 is 22.6 Å². The Balaban J connectivity index is 1.17. The van der Waals surface area contributed by atoms with E-state index in [0.29, 0.717) is 25.4 Å². The maximum atomic E-state index is 13.0. The molecule has 3 aromatic rings.